The van der Waals surface area contributed by atoms with Crippen molar-refractivity contribution in [1.82, 2.24) is 15.5 Å². The normalized spacial score (nSPS) is 13.0. The Kier molecular flexibility index (Phi) is 5.74. The van der Waals surface area contributed by atoms with Crippen molar-refractivity contribution in [2.24, 2.45) is 0 Å². The van der Waals surface area contributed by atoms with E-state index in [2.05, 4.69) is 15.5 Å². The van der Waals surface area contributed by atoms with Gasteiger partial charge in [0.2, 0.25) is 17.6 Å². The van der Waals surface area contributed by atoms with Crippen LogP contribution in [-0.2, 0) is 22.6 Å². The van der Waals surface area contributed by atoms with Gasteiger partial charge in [0.05, 0.1) is 18.7 Å². The lowest BCUT2D eigenvalue weighted by atomic mass is 10.1. The first-order valence-electron chi connectivity index (χ1n) is 9.85. The molecule has 1 aromatic heterocycles. The minimum atomic E-state index is -0.124. The van der Waals surface area contributed by atoms with E-state index in [9.17, 15) is 9.59 Å². The van der Waals surface area contributed by atoms with Crippen LogP contribution in [-0.4, -0.2) is 35.1 Å². The number of amides is 2. The molecule has 0 atom stereocenters. The first-order chi connectivity index (χ1) is 14.6. The molecule has 3 aromatic rings. The Hall–Kier alpha value is -3.68. The molecule has 30 heavy (non-hydrogen) atoms. The molecular weight excluding hydrogens is 384 g/mol. The van der Waals surface area contributed by atoms with E-state index in [0.29, 0.717) is 35.3 Å². The molecule has 0 spiro atoms. The molecule has 1 aliphatic rings. The van der Waals surface area contributed by atoms with Gasteiger partial charge in [-0.1, -0.05) is 42.4 Å². The average molecular weight is 406 g/mol. The number of fused-ring (bicyclic) bond motifs is 1. The molecule has 0 aliphatic carbocycles. The van der Waals surface area contributed by atoms with Crippen LogP contribution >= 0.6 is 0 Å². The molecule has 154 valence electrons. The van der Waals surface area contributed by atoms with Crippen LogP contribution in [0.4, 0.5) is 5.69 Å². The number of benzene rings is 2. The van der Waals surface area contributed by atoms with Crippen LogP contribution in [0.3, 0.4) is 0 Å². The number of nitrogens with zero attached hydrogens (tertiary/aromatic N) is 3. The number of hydrogen-bond donors (Lipinski definition) is 1. The summed E-state index contributed by atoms with van der Waals surface area (Å²) in [7, 11) is 0. The summed E-state index contributed by atoms with van der Waals surface area (Å²) in [6.45, 7) is 2.82. The summed E-state index contributed by atoms with van der Waals surface area (Å²) in [5.74, 6) is 1.15. The van der Waals surface area contributed by atoms with Gasteiger partial charge in [-0.15, -0.1) is 0 Å². The predicted molar refractivity (Wildman–Crippen MR) is 110 cm³/mol. The van der Waals surface area contributed by atoms with E-state index in [0.717, 1.165) is 12.0 Å². The minimum absolute atomic E-state index is 0.0430. The molecule has 1 N–H and O–H groups in total. The maximum Gasteiger partial charge on any atom is 0.265 e. The zero-order valence-electron chi connectivity index (χ0n) is 16.6. The summed E-state index contributed by atoms with van der Waals surface area (Å²) in [6, 6.07) is 14.9. The van der Waals surface area contributed by atoms with Gasteiger partial charge in [0.25, 0.3) is 5.91 Å². The highest BCUT2D eigenvalue weighted by atomic mass is 16.5. The molecule has 0 saturated carbocycles. The number of carbonyl (C=O) groups is 2. The van der Waals surface area contributed by atoms with Crippen molar-refractivity contribution in [1.29, 1.82) is 0 Å². The number of ether oxygens (including phenoxy) is 1. The lowest BCUT2D eigenvalue weighted by molar-refractivity contribution is -0.121. The summed E-state index contributed by atoms with van der Waals surface area (Å²) in [4.78, 5) is 30.4. The number of rotatable bonds is 7. The lowest BCUT2D eigenvalue weighted by Gasteiger charge is -2.29. The maximum absolute atomic E-state index is 12.2. The minimum Gasteiger partial charge on any atom is -0.482 e. The number of nitrogens with one attached hydrogen (secondary N) is 1. The van der Waals surface area contributed by atoms with E-state index in [1.807, 2.05) is 49.4 Å². The third-order valence-corrected chi connectivity index (χ3v) is 4.72. The van der Waals surface area contributed by atoms with Gasteiger partial charge in [0, 0.05) is 12.1 Å². The number of anilines is 1. The topological polar surface area (TPSA) is 97.6 Å². The van der Waals surface area contributed by atoms with E-state index in [4.69, 9.17) is 9.26 Å². The van der Waals surface area contributed by atoms with Crippen molar-refractivity contribution < 1.29 is 18.8 Å². The number of hydrogen-bond acceptors (Lipinski definition) is 6. The Morgan fingerprint density at radius 1 is 1.20 bits per heavy atom. The molecule has 2 heterocycles. The van der Waals surface area contributed by atoms with Gasteiger partial charge >= 0.3 is 0 Å². The van der Waals surface area contributed by atoms with Gasteiger partial charge in [-0.25, -0.2) is 0 Å². The molecule has 8 nitrogen and oxygen atoms in total. The van der Waals surface area contributed by atoms with Gasteiger partial charge in [0.15, 0.2) is 6.61 Å². The molecule has 0 fully saturated rings. The van der Waals surface area contributed by atoms with E-state index in [-0.39, 0.29) is 31.4 Å². The van der Waals surface area contributed by atoms with Crippen molar-refractivity contribution >= 4 is 17.5 Å². The SMILES string of the molecule is CCCN1C(=O)COc2ccc(-c3noc(CNC(=O)Cc4ccccc4)n3)cc21. The fourth-order valence-corrected chi connectivity index (χ4v) is 3.27. The zero-order valence-corrected chi connectivity index (χ0v) is 16.6. The van der Waals surface area contributed by atoms with Crippen LogP contribution in [0.1, 0.15) is 24.8 Å². The highest BCUT2D eigenvalue weighted by molar-refractivity contribution is 5.98. The third-order valence-electron chi connectivity index (χ3n) is 4.72. The first-order valence-corrected chi connectivity index (χ1v) is 9.85. The second kappa shape index (κ2) is 8.77. The average Bonchev–Trinajstić information content (AvgIpc) is 3.24. The molecule has 0 radical (unpaired) electrons. The van der Waals surface area contributed by atoms with E-state index >= 15 is 0 Å². The molecule has 2 amide bonds. The van der Waals surface area contributed by atoms with Crippen LogP contribution in [0.15, 0.2) is 53.1 Å². The Morgan fingerprint density at radius 2 is 2.03 bits per heavy atom. The molecule has 4 rings (SSSR count). The van der Waals surface area contributed by atoms with Crippen LogP contribution in [0, 0.1) is 0 Å². The molecule has 1 aliphatic heterocycles. The molecule has 8 heteroatoms. The van der Waals surface area contributed by atoms with Crippen molar-refractivity contribution in [3.63, 3.8) is 0 Å². The van der Waals surface area contributed by atoms with Gasteiger partial charge in [0.1, 0.15) is 5.75 Å². The van der Waals surface area contributed by atoms with Crippen LogP contribution in [0.25, 0.3) is 11.4 Å². The summed E-state index contributed by atoms with van der Waals surface area (Å²) in [5.41, 5.74) is 2.34. The second-order valence-electron chi connectivity index (χ2n) is 6.97. The summed E-state index contributed by atoms with van der Waals surface area (Å²) in [5, 5.41) is 6.79. The quantitative estimate of drug-likeness (QED) is 0.648. The number of aromatic nitrogens is 2. The summed E-state index contributed by atoms with van der Waals surface area (Å²) in [6.07, 6.45) is 1.12. The molecule has 0 unspecified atom stereocenters. The highest BCUT2D eigenvalue weighted by Gasteiger charge is 2.25. The zero-order chi connectivity index (χ0) is 20.9. The summed E-state index contributed by atoms with van der Waals surface area (Å²) < 4.78 is 10.8. The van der Waals surface area contributed by atoms with Gasteiger partial charge < -0.3 is 19.5 Å². The molecular formula is C22H22N4O4. The Labute approximate surface area is 173 Å². The van der Waals surface area contributed by atoms with Crippen LogP contribution in [0.2, 0.25) is 0 Å². The van der Waals surface area contributed by atoms with Crippen molar-refractivity contribution in [2.45, 2.75) is 26.3 Å². The molecule has 0 bridgehead atoms. The van der Waals surface area contributed by atoms with Crippen LogP contribution < -0.4 is 15.0 Å². The van der Waals surface area contributed by atoms with Crippen molar-refractivity contribution in [3.05, 3.63) is 60.0 Å². The highest BCUT2D eigenvalue weighted by Crippen LogP contribution is 2.35. The molecule has 0 saturated heterocycles. The maximum atomic E-state index is 12.2. The van der Waals surface area contributed by atoms with E-state index in [1.54, 1.807) is 11.0 Å². The van der Waals surface area contributed by atoms with E-state index in [1.165, 1.54) is 0 Å². The monoisotopic (exact) mass is 406 g/mol. The second-order valence-corrected chi connectivity index (χ2v) is 6.97. The largest absolute Gasteiger partial charge is 0.482 e. The lowest BCUT2D eigenvalue weighted by Crippen LogP contribution is -2.39. The van der Waals surface area contributed by atoms with Crippen molar-refractivity contribution in [2.75, 3.05) is 18.1 Å². The first kappa shape index (κ1) is 19.6. The number of carbonyl (C=O) groups excluding carboxylic acids is 2. The standard InChI is InChI=1S/C22H22N4O4/c1-2-10-26-17-12-16(8-9-18(17)29-14-21(26)28)22-24-20(30-25-22)13-23-19(27)11-15-6-4-3-5-7-15/h3-9,12H,2,10-11,13-14H2,1H3,(H,23,27). The van der Waals surface area contributed by atoms with Crippen LogP contribution in [0.5, 0.6) is 5.75 Å². The molecule has 2 aromatic carbocycles. The van der Waals surface area contributed by atoms with Gasteiger partial charge in [-0.3, -0.25) is 9.59 Å². The smallest absolute Gasteiger partial charge is 0.265 e. The Morgan fingerprint density at radius 3 is 2.83 bits per heavy atom. The van der Waals surface area contributed by atoms with Crippen molar-refractivity contribution in [3.8, 4) is 17.1 Å². The fourth-order valence-electron chi connectivity index (χ4n) is 3.27. The Bertz CT molecular complexity index is 1050. The van der Waals surface area contributed by atoms with Gasteiger partial charge in [-0.2, -0.15) is 4.98 Å². The fraction of sp³-hybridized carbons (Fsp3) is 0.273. The van der Waals surface area contributed by atoms with Gasteiger partial charge in [-0.05, 0) is 30.2 Å². The third kappa shape index (κ3) is 4.32. The Balaban J connectivity index is 1.44. The summed E-state index contributed by atoms with van der Waals surface area (Å²) >= 11 is 0. The predicted octanol–water partition coefficient (Wildman–Crippen LogP) is 2.73. The van der Waals surface area contributed by atoms with E-state index < -0.39 is 0 Å².